The molecule has 0 aliphatic rings. The van der Waals surface area contributed by atoms with Gasteiger partial charge in [-0.05, 0) is 42.7 Å². The van der Waals surface area contributed by atoms with E-state index >= 15 is 0 Å². The van der Waals surface area contributed by atoms with E-state index in [1.807, 2.05) is 18.2 Å². The number of guanidine groups is 1. The van der Waals surface area contributed by atoms with Crippen molar-refractivity contribution in [2.45, 2.75) is 12.8 Å². The van der Waals surface area contributed by atoms with Crippen LogP contribution in [0.1, 0.15) is 12.0 Å². The zero-order chi connectivity index (χ0) is 17.9. The lowest BCUT2D eigenvalue weighted by Gasteiger charge is -2.12. The number of nitrogens with zero attached hydrogens (tertiary/aromatic N) is 1. The van der Waals surface area contributed by atoms with Gasteiger partial charge < -0.3 is 16.0 Å². The highest BCUT2D eigenvalue weighted by molar-refractivity contribution is 14.0. The number of amides is 1. The smallest absolute Gasteiger partial charge is 0.243 e. The highest BCUT2D eigenvalue weighted by Gasteiger charge is 2.04. The Morgan fingerprint density at radius 3 is 2.38 bits per heavy atom. The minimum atomic E-state index is -0.337. The fraction of sp³-hybridized carbons (Fsp3) is 0.263. The Morgan fingerprint density at radius 1 is 1.04 bits per heavy atom. The van der Waals surface area contributed by atoms with E-state index in [1.165, 1.54) is 29.8 Å². The summed E-state index contributed by atoms with van der Waals surface area (Å²) in [5, 5.41) is 8.81. The van der Waals surface area contributed by atoms with Gasteiger partial charge >= 0.3 is 0 Å². The molecule has 0 bridgehead atoms. The maximum absolute atomic E-state index is 12.8. The van der Waals surface area contributed by atoms with Gasteiger partial charge in [-0.2, -0.15) is 0 Å². The molecule has 0 aliphatic carbocycles. The van der Waals surface area contributed by atoms with Crippen molar-refractivity contribution >= 4 is 41.5 Å². The molecular formula is C19H24FIN4O. The van der Waals surface area contributed by atoms with Gasteiger partial charge in [-0.1, -0.05) is 30.3 Å². The SMILES string of the molecule is CN=C(NCCCc1ccccc1)NCC(=O)Nc1ccc(F)cc1.I. The maximum Gasteiger partial charge on any atom is 0.243 e. The minimum absolute atomic E-state index is 0. The van der Waals surface area contributed by atoms with E-state index in [-0.39, 0.29) is 42.2 Å². The fourth-order valence-corrected chi connectivity index (χ4v) is 2.27. The van der Waals surface area contributed by atoms with Gasteiger partial charge in [0.25, 0.3) is 0 Å². The molecule has 5 nitrogen and oxygen atoms in total. The zero-order valence-corrected chi connectivity index (χ0v) is 17.0. The third kappa shape index (κ3) is 8.28. The third-order valence-corrected chi connectivity index (χ3v) is 3.55. The highest BCUT2D eigenvalue weighted by Crippen LogP contribution is 2.07. The van der Waals surface area contributed by atoms with Gasteiger partial charge in [0.2, 0.25) is 5.91 Å². The van der Waals surface area contributed by atoms with Crippen LogP contribution in [0.5, 0.6) is 0 Å². The van der Waals surface area contributed by atoms with Gasteiger partial charge in [0.05, 0.1) is 6.54 Å². The Morgan fingerprint density at radius 2 is 1.73 bits per heavy atom. The summed E-state index contributed by atoms with van der Waals surface area (Å²) in [6.45, 7) is 0.837. The molecule has 140 valence electrons. The van der Waals surface area contributed by atoms with Crippen LogP contribution in [-0.2, 0) is 11.2 Å². The predicted molar refractivity (Wildman–Crippen MR) is 115 cm³/mol. The molecule has 0 unspecified atom stereocenters. The molecule has 26 heavy (non-hydrogen) atoms. The van der Waals surface area contributed by atoms with Crippen LogP contribution < -0.4 is 16.0 Å². The van der Waals surface area contributed by atoms with E-state index in [0.717, 1.165) is 19.4 Å². The summed E-state index contributed by atoms with van der Waals surface area (Å²) in [7, 11) is 1.66. The van der Waals surface area contributed by atoms with Crippen molar-refractivity contribution in [2.24, 2.45) is 4.99 Å². The molecule has 0 heterocycles. The van der Waals surface area contributed by atoms with Crippen molar-refractivity contribution < 1.29 is 9.18 Å². The lowest BCUT2D eigenvalue weighted by molar-refractivity contribution is -0.115. The maximum atomic E-state index is 12.8. The van der Waals surface area contributed by atoms with Crippen molar-refractivity contribution in [2.75, 3.05) is 25.5 Å². The molecule has 0 radical (unpaired) electrons. The Balaban J connectivity index is 0.00000338. The molecule has 0 fully saturated rings. The van der Waals surface area contributed by atoms with Crippen molar-refractivity contribution in [3.05, 3.63) is 66.0 Å². The Kier molecular flexibility index (Phi) is 10.3. The molecule has 1 amide bonds. The summed E-state index contributed by atoms with van der Waals surface area (Å²) in [6, 6.07) is 15.9. The molecule has 7 heteroatoms. The first-order chi connectivity index (χ1) is 12.2. The van der Waals surface area contributed by atoms with Crippen LogP contribution in [0, 0.1) is 5.82 Å². The standard InChI is InChI=1S/C19H23FN4O.HI/c1-21-19(22-13-5-8-15-6-3-2-4-7-15)23-14-18(25)24-17-11-9-16(20)10-12-17;/h2-4,6-7,9-12H,5,8,13-14H2,1H3,(H,24,25)(H2,21,22,23);1H. The summed E-state index contributed by atoms with van der Waals surface area (Å²) in [6.07, 6.45) is 1.95. The van der Waals surface area contributed by atoms with E-state index in [2.05, 4.69) is 33.1 Å². The van der Waals surface area contributed by atoms with Crippen molar-refractivity contribution in [1.29, 1.82) is 0 Å². The Hall–Kier alpha value is -2.16. The molecule has 2 aromatic rings. The van der Waals surface area contributed by atoms with Crippen LogP contribution >= 0.6 is 24.0 Å². The summed E-state index contributed by atoms with van der Waals surface area (Å²) < 4.78 is 12.8. The number of benzene rings is 2. The molecule has 0 atom stereocenters. The first-order valence-corrected chi connectivity index (χ1v) is 8.21. The largest absolute Gasteiger partial charge is 0.356 e. The first kappa shape index (κ1) is 21.9. The number of carbonyl (C=O) groups excluding carboxylic acids is 1. The second kappa shape index (κ2) is 12.2. The lowest BCUT2D eigenvalue weighted by Crippen LogP contribution is -2.41. The molecule has 0 aliphatic heterocycles. The summed E-state index contributed by atoms with van der Waals surface area (Å²) in [5.41, 5.74) is 1.85. The molecule has 0 saturated carbocycles. The molecule has 2 aromatic carbocycles. The van der Waals surface area contributed by atoms with Crippen LogP contribution in [0.3, 0.4) is 0 Å². The van der Waals surface area contributed by atoms with E-state index < -0.39 is 0 Å². The van der Waals surface area contributed by atoms with E-state index in [4.69, 9.17) is 0 Å². The average Bonchev–Trinajstić information content (AvgIpc) is 2.64. The van der Waals surface area contributed by atoms with Gasteiger partial charge in [-0.3, -0.25) is 9.79 Å². The normalized spacial score (nSPS) is 10.6. The number of aryl methyl sites for hydroxylation is 1. The minimum Gasteiger partial charge on any atom is -0.356 e. The fourth-order valence-electron chi connectivity index (χ4n) is 2.27. The Bertz CT molecular complexity index is 692. The molecule has 2 rings (SSSR count). The van der Waals surface area contributed by atoms with E-state index in [9.17, 15) is 9.18 Å². The highest BCUT2D eigenvalue weighted by atomic mass is 127. The summed E-state index contributed by atoms with van der Waals surface area (Å²) in [4.78, 5) is 16.0. The monoisotopic (exact) mass is 470 g/mol. The van der Waals surface area contributed by atoms with Crippen molar-refractivity contribution in [3.8, 4) is 0 Å². The second-order valence-electron chi connectivity index (χ2n) is 5.50. The first-order valence-electron chi connectivity index (χ1n) is 8.21. The molecule has 0 spiro atoms. The zero-order valence-electron chi connectivity index (χ0n) is 14.7. The van der Waals surface area contributed by atoms with Gasteiger partial charge in [0.1, 0.15) is 5.82 Å². The molecular weight excluding hydrogens is 446 g/mol. The van der Waals surface area contributed by atoms with Crippen LogP contribution in [0.25, 0.3) is 0 Å². The predicted octanol–water partition coefficient (Wildman–Crippen LogP) is 3.18. The Labute approximate surface area is 170 Å². The third-order valence-electron chi connectivity index (χ3n) is 3.55. The van der Waals surface area contributed by atoms with E-state index in [0.29, 0.717) is 11.6 Å². The number of halogens is 2. The van der Waals surface area contributed by atoms with Gasteiger partial charge in [0, 0.05) is 19.3 Å². The number of rotatable bonds is 7. The lowest BCUT2D eigenvalue weighted by atomic mass is 10.1. The molecule has 3 N–H and O–H groups in total. The number of hydrogen-bond donors (Lipinski definition) is 3. The van der Waals surface area contributed by atoms with Gasteiger partial charge in [0.15, 0.2) is 5.96 Å². The summed E-state index contributed by atoms with van der Waals surface area (Å²) in [5.74, 6) is 0.0115. The van der Waals surface area contributed by atoms with Gasteiger partial charge in [-0.25, -0.2) is 4.39 Å². The number of nitrogens with one attached hydrogen (secondary N) is 3. The number of hydrogen-bond acceptors (Lipinski definition) is 2. The van der Waals surface area contributed by atoms with Crippen molar-refractivity contribution in [3.63, 3.8) is 0 Å². The number of anilines is 1. The van der Waals surface area contributed by atoms with Crippen LogP contribution in [-0.4, -0.2) is 32.0 Å². The number of carbonyl (C=O) groups is 1. The molecule has 0 saturated heterocycles. The van der Waals surface area contributed by atoms with Crippen molar-refractivity contribution in [1.82, 2.24) is 10.6 Å². The van der Waals surface area contributed by atoms with Crippen LogP contribution in [0.4, 0.5) is 10.1 Å². The average molecular weight is 470 g/mol. The van der Waals surface area contributed by atoms with Crippen LogP contribution in [0.15, 0.2) is 59.6 Å². The topological polar surface area (TPSA) is 65.5 Å². The quantitative estimate of drug-likeness (QED) is 0.252. The van der Waals surface area contributed by atoms with E-state index in [1.54, 1.807) is 7.05 Å². The van der Waals surface area contributed by atoms with Crippen LogP contribution in [0.2, 0.25) is 0 Å². The number of aliphatic imine (C=N–C) groups is 1. The molecule has 0 aromatic heterocycles. The van der Waals surface area contributed by atoms with Gasteiger partial charge in [-0.15, -0.1) is 24.0 Å². The summed E-state index contributed by atoms with van der Waals surface area (Å²) >= 11 is 0. The second-order valence-corrected chi connectivity index (χ2v) is 5.50.